The van der Waals surface area contributed by atoms with Crippen molar-refractivity contribution in [3.05, 3.63) is 97.1 Å². The van der Waals surface area contributed by atoms with Crippen LogP contribution in [0.15, 0.2) is 117 Å². The highest BCUT2D eigenvalue weighted by atomic mass is 33.1. The van der Waals surface area contributed by atoms with Gasteiger partial charge in [0.25, 0.3) is 0 Å². The summed E-state index contributed by atoms with van der Waals surface area (Å²) in [6.45, 7) is 0. The molecule has 0 unspecified atom stereocenters. The molecule has 0 spiro atoms. The molecule has 0 bridgehead atoms. The van der Waals surface area contributed by atoms with Crippen LogP contribution in [0.2, 0.25) is 0 Å². The zero-order valence-corrected chi connectivity index (χ0v) is 16.9. The minimum absolute atomic E-state index is 0.322. The van der Waals surface area contributed by atoms with E-state index in [1.807, 2.05) is 12.4 Å². The summed E-state index contributed by atoms with van der Waals surface area (Å²) in [5.74, 6) is 0.644. The van der Waals surface area contributed by atoms with Crippen molar-refractivity contribution < 1.29 is 0 Å². The highest BCUT2D eigenvalue weighted by Crippen LogP contribution is 2.38. The molecule has 0 radical (unpaired) electrons. The topological polar surface area (TPSA) is 24.7 Å². The van der Waals surface area contributed by atoms with E-state index in [1.165, 1.54) is 9.79 Å². The minimum atomic E-state index is 0.322. The fourth-order valence-electron chi connectivity index (χ4n) is 2.71. The number of hydrogen-bond donors (Lipinski definition) is 0. The molecule has 0 fully saturated rings. The predicted molar refractivity (Wildman–Crippen MR) is 124 cm³/mol. The summed E-state index contributed by atoms with van der Waals surface area (Å²) in [7, 11) is 3.50. The minimum Gasteiger partial charge on any atom is -0.260 e. The Balaban J connectivity index is 1.28. The van der Waals surface area contributed by atoms with Crippen LogP contribution in [-0.2, 0) is 0 Å². The average molecular weight is 401 g/mol. The van der Waals surface area contributed by atoms with Gasteiger partial charge in [0, 0.05) is 34.1 Å². The van der Waals surface area contributed by atoms with Gasteiger partial charge in [-0.25, -0.2) is 0 Å². The molecule has 0 saturated heterocycles. The van der Waals surface area contributed by atoms with E-state index < -0.39 is 0 Å². The Kier molecular flexibility index (Phi) is 6.43. The maximum Gasteiger partial charge on any atom is 0.0626 e. The molecule has 0 saturated carbocycles. The molecule has 0 heterocycles. The van der Waals surface area contributed by atoms with Gasteiger partial charge in [-0.3, -0.25) is 9.98 Å². The first-order chi connectivity index (χ1) is 13.8. The van der Waals surface area contributed by atoms with Crippen molar-refractivity contribution in [2.24, 2.45) is 21.8 Å². The number of hydrogen-bond acceptors (Lipinski definition) is 4. The van der Waals surface area contributed by atoms with Gasteiger partial charge in [0.1, 0.15) is 0 Å². The second kappa shape index (κ2) is 9.58. The van der Waals surface area contributed by atoms with Crippen LogP contribution in [0.25, 0.3) is 0 Å². The number of benzene rings is 2. The molecule has 28 heavy (non-hydrogen) atoms. The maximum absolute atomic E-state index is 4.54. The van der Waals surface area contributed by atoms with Gasteiger partial charge in [0.05, 0.1) is 11.4 Å². The summed E-state index contributed by atoms with van der Waals surface area (Å²) in [6, 6.07) is 16.7. The Hall–Kier alpha value is -2.56. The highest BCUT2D eigenvalue weighted by Gasteiger charge is 2.02. The van der Waals surface area contributed by atoms with Crippen molar-refractivity contribution in [1.29, 1.82) is 0 Å². The zero-order valence-electron chi connectivity index (χ0n) is 15.3. The molecule has 2 aliphatic carbocycles. The first kappa shape index (κ1) is 18.8. The highest BCUT2D eigenvalue weighted by molar-refractivity contribution is 8.76. The lowest BCUT2D eigenvalue weighted by molar-refractivity contribution is 1.19. The number of allylic oxidation sites excluding steroid dienone is 8. The molecule has 4 rings (SSSR count). The molecule has 4 heteroatoms. The SMILES string of the molecule is C1=CC(C=Nc2ccc(SSc3ccc(N=CC4C=CC=C4)cc3)cc2)C=C1. The van der Waals surface area contributed by atoms with Crippen LogP contribution in [0.3, 0.4) is 0 Å². The van der Waals surface area contributed by atoms with Crippen LogP contribution in [0.5, 0.6) is 0 Å². The summed E-state index contributed by atoms with van der Waals surface area (Å²) >= 11 is 0. The molecule has 0 aromatic heterocycles. The van der Waals surface area contributed by atoms with Gasteiger partial charge >= 0.3 is 0 Å². The van der Waals surface area contributed by atoms with Crippen LogP contribution in [0, 0.1) is 11.8 Å². The third kappa shape index (κ3) is 5.47. The molecule has 0 N–H and O–H groups in total. The van der Waals surface area contributed by atoms with E-state index >= 15 is 0 Å². The molecule has 0 aliphatic heterocycles. The van der Waals surface area contributed by atoms with E-state index in [4.69, 9.17) is 0 Å². The Morgan fingerprint density at radius 2 is 0.893 bits per heavy atom. The van der Waals surface area contributed by atoms with E-state index in [9.17, 15) is 0 Å². The molecule has 2 aliphatic rings. The van der Waals surface area contributed by atoms with Gasteiger partial charge in [0.2, 0.25) is 0 Å². The lowest BCUT2D eigenvalue weighted by Crippen LogP contribution is -1.88. The standard InChI is InChI=1S/C24H20N2S2/c1-2-6-19(5-1)17-25-21-9-13-23(14-10-21)27-28-24-15-11-22(12-16-24)26-18-20-7-3-4-8-20/h1-20H. The van der Waals surface area contributed by atoms with E-state index in [0.717, 1.165) is 11.4 Å². The van der Waals surface area contributed by atoms with Gasteiger partial charge in [-0.2, -0.15) is 0 Å². The third-order valence-electron chi connectivity index (χ3n) is 4.25. The fraction of sp³-hybridized carbons (Fsp3) is 0.0833. The molecule has 2 aromatic carbocycles. The van der Waals surface area contributed by atoms with Crippen LogP contribution in [0.4, 0.5) is 11.4 Å². The summed E-state index contributed by atoms with van der Waals surface area (Å²) in [5.41, 5.74) is 1.97. The van der Waals surface area contributed by atoms with Gasteiger partial charge in [-0.1, -0.05) is 70.2 Å². The van der Waals surface area contributed by atoms with Crippen LogP contribution in [0.1, 0.15) is 0 Å². The second-order valence-electron chi connectivity index (χ2n) is 6.41. The summed E-state index contributed by atoms with van der Waals surface area (Å²) in [5, 5.41) is 0. The quantitative estimate of drug-likeness (QED) is 0.358. The van der Waals surface area contributed by atoms with Crippen molar-refractivity contribution in [3.63, 3.8) is 0 Å². The van der Waals surface area contributed by atoms with E-state index in [-0.39, 0.29) is 0 Å². The van der Waals surface area contributed by atoms with Gasteiger partial charge in [-0.15, -0.1) is 0 Å². The third-order valence-corrected chi connectivity index (χ3v) is 6.67. The summed E-state index contributed by atoms with van der Waals surface area (Å²) in [6.07, 6.45) is 20.7. The van der Waals surface area contributed by atoms with Crippen LogP contribution >= 0.6 is 21.6 Å². The summed E-state index contributed by atoms with van der Waals surface area (Å²) < 4.78 is 0. The molecule has 138 valence electrons. The Morgan fingerprint density at radius 3 is 1.25 bits per heavy atom. The molecular formula is C24H20N2S2. The lowest BCUT2D eigenvalue weighted by Gasteiger charge is -2.03. The Labute approximate surface area is 174 Å². The Bertz CT molecular complexity index is 859. The average Bonchev–Trinajstić information content (AvgIpc) is 3.45. The fourth-order valence-corrected chi connectivity index (χ4v) is 4.64. The van der Waals surface area contributed by atoms with Crippen molar-refractivity contribution in [2.75, 3.05) is 0 Å². The van der Waals surface area contributed by atoms with Crippen LogP contribution in [-0.4, -0.2) is 12.4 Å². The Morgan fingerprint density at radius 1 is 0.536 bits per heavy atom. The first-order valence-electron chi connectivity index (χ1n) is 9.18. The van der Waals surface area contributed by atoms with Crippen molar-refractivity contribution in [1.82, 2.24) is 0 Å². The lowest BCUT2D eigenvalue weighted by atomic mass is 10.2. The maximum atomic E-state index is 4.54. The molecular weight excluding hydrogens is 380 g/mol. The smallest absolute Gasteiger partial charge is 0.0626 e. The van der Waals surface area contributed by atoms with E-state index in [1.54, 1.807) is 21.6 Å². The van der Waals surface area contributed by atoms with Gasteiger partial charge < -0.3 is 0 Å². The van der Waals surface area contributed by atoms with Gasteiger partial charge in [-0.05, 0) is 48.5 Å². The second-order valence-corrected chi connectivity index (χ2v) is 8.68. The van der Waals surface area contributed by atoms with Gasteiger partial charge in [0.15, 0.2) is 0 Å². The first-order valence-corrected chi connectivity index (χ1v) is 11.3. The molecule has 2 aromatic rings. The number of rotatable bonds is 7. The molecule has 0 atom stereocenters. The predicted octanol–water partition coefficient (Wildman–Crippen LogP) is 7.38. The number of nitrogens with zero attached hydrogens (tertiary/aromatic N) is 2. The number of aliphatic imine (C=N–C) groups is 2. The summed E-state index contributed by atoms with van der Waals surface area (Å²) in [4.78, 5) is 11.5. The largest absolute Gasteiger partial charge is 0.260 e. The molecule has 2 nitrogen and oxygen atoms in total. The monoisotopic (exact) mass is 400 g/mol. The van der Waals surface area contributed by atoms with Crippen molar-refractivity contribution in [2.45, 2.75) is 9.79 Å². The van der Waals surface area contributed by atoms with E-state index in [2.05, 4.69) is 107 Å². The van der Waals surface area contributed by atoms with Crippen LogP contribution < -0.4 is 0 Å². The zero-order chi connectivity index (χ0) is 19.0. The van der Waals surface area contributed by atoms with E-state index in [0.29, 0.717) is 11.8 Å². The normalized spacial score (nSPS) is 16.4. The van der Waals surface area contributed by atoms with Crippen molar-refractivity contribution in [3.8, 4) is 0 Å². The molecule has 0 amide bonds. The van der Waals surface area contributed by atoms with Crippen molar-refractivity contribution >= 4 is 45.4 Å².